The molecule has 1 aromatic heterocycles. The Hall–Kier alpha value is -2.78. The number of imidazole rings is 1. The third kappa shape index (κ3) is 3.11. The van der Waals surface area contributed by atoms with Gasteiger partial charge in [-0.3, -0.25) is 0 Å². The zero-order valence-corrected chi connectivity index (χ0v) is 14.6. The van der Waals surface area contributed by atoms with E-state index >= 15 is 0 Å². The number of methoxy groups -OCH3 is 1. The number of fused-ring (bicyclic) bond motifs is 1. The molecule has 124 valence electrons. The SMILES string of the molecule is COc1ccc(-c2nc3ccccc3n2Cc2cccc(Cl)c2)cc1. The van der Waals surface area contributed by atoms with Crippen LogP contribution in [0.5, 0.6) is 5.75 Å². The van der Waals surface area contributed by atoms with Crippen molar-refractivity contribution in [3.63, 3.8) is 0 Å². The minimum atomic E-state index is 0.711. The zero-order chi connectivity index (χ0) is 17.2. The minimum absolute atomic E-state index is 0.711. The molecule has 0 fully saturated rings. The van der Waals surface area contributed by atoms with E-state index in [0.717, 1.165) is 38.8 Å². The predicted molar refractivity (Wildman–Crippen MR) is 102 cm³/mol. The van der Waals surface area contributed by atoms with Crippen LogP contribution in [-0.2, 0) is 6.54 Å². The Kier molecular flexibility index (Phi) is 4.16. The maximum absolute atomic E-state index is 6.15. The summed E-state index contributed by atoms with van der Waals surface area (Å²) in [4.78, 5) is 4.85. The van der Waals surface area contributed by atoms with Gasteiger partial charge in [0.05, 0.1) is 18.1 Å². The van der Waals surface area contributed by atoms with Gasteiger partial charge in [0.15, 0.2) is 0 Å². The van der Waals surface area contributed by atoms with Crippen LogP contribution in [0.3, 0.4) is 0 Å². The lowest BCUT2D eigenvalue weighted by Gasteiger charge is -2.10. The molecule has 0 saturated heterocycles. The quantitative estimate of drug-likeness (QED) is 0.492. The zero-order valence-electron chi connectivity index (χ0n) is 13.8. The Morgan fingerprint density at radius 2 is 1.76 bits per heavy atom. The van der Waals surface area contributed by atoms with Crippen molar-refractivity contribution in [2.24, 2.45) is 0 Å². The number of ether oxygens (including phenoxy) is 1. The van der Waals surface area contributed by atoms with Crippen LogP contribution in [0.2, 0.25) is 5.02 Å². The summed E-state index contributed by atoms with van der Waals surface area (Å²) in [6, 6.07) is 24.1. The molecule has 4 heteroatoms. The van der Waals surface area contributed by atoms with E-state index in [1.807, 2.05) is 60.7 Å². The summed E-state index contributed by atoms with van der Waals surface area (Å²) in [5.41, 5.74) is 4.29. The van der Waals surface area contributed by atoms with Crippen molar-refractivity contribution in [3.05, 3.63) is 83.4 Å². The second-order valence-electron chi connectivity index (χ2n) is 5.87. The lowest BCUT2D eigenvalue weighted by molar-refractivity contribution is 0.415. The number of hydrogen-bond acceptors (Lipinski definition) is 2. The molecule has 0 bridgehead atoms. The lowest BCUT2D eigenvalue weighted by atomic mass is 10.2. The number of benzene rings is 3. The lowest BCUT2D eigenvalue weighted by Crippen LogP contribution is -2.02. The van der Waals surface area contributed by atoms with Crippen molar-refractivity contribution >= 4 is 22.6 Å². The highest BCUT2D eigenvalue weighted by Gasteiger charge is 2.13. The van der Waals surface area contributed by atoms with Crippen molar-refractivity contribution in [1.82, 2.24) is 9.55 Å². The van der Waals surface area contributed by atoms with E-state index in [9.17, 15) is 0 Å². The molecule has 0 aliphatic carbocycles. The average Bonchev–Trinajstić information content (AvgIpc) is 3.00. The van der Waals surface area contributed by atoms with Crippen molar-refractivity contribution in [1.29, 1.82) is 0 Å². The van der Waals surface area contributed by atoms with Gasteiger partial charge in [0.1, 0.15) is 11.6 Å². The van der Waals surface area contributed by atoms with Crippen molar-refractivity contribution in [3.8, 4) is 17.1 Å². The molecule has 0 aliphatic rings. The third-order valence-corrected chi connectivity index (χ3v) is 4.47. The molecule has 0 atom stereocenters. The molecule has 0 unspecified atom stereocenters. The van der Waals surface area contributed by atoms with E-state index in [2.05, 4.69) is 16.7 Å². The molecule has 0 spiro atoms. The highest BCUT2D eigenvalue weighted by Crippen LogP contribution is 2.27. The van der Waals surface area contributed by atoms with Crippen LogP contribution in [-0.4, -0.2) is 16.7 Å². The summed E-state index contributed by atoms with van der Waals surface area (Å²) < 4.78 is 7.49. The maximum atomic E-state index is 6.15. The number of nitrogens with zero attached hydrogens (tertiary/aromatic N) is 2. The van der Waals surface area contributed by atoms with Crippen LogP contribution in [0, 0.1) is 0 Å². The van der Waals surface area contributed by atoms with Gasteiger partial charge in [-0.2, -0.15) is 0 Å². The van der Waals surface area contributed by atoms with Crippen molar-refractivity contribution in [2.75, 3.05) is 7.11 Å². The first kappa shape index (κ1) is 15.7. The van der Waals surface area contributed by atoms with Crippen LogP contribution in [0.1, 0.15) is 5.56 Å². The molecule has 4 aromatic rings. The number of halogens is 1. The smallest absolute Gasteiger partial charge is 0.141 e. The van der Waals surface area contributed by atoms with E-state index in [1.54, 1.807) is 7.11 Å². The van der Waals surface area contributed by atoms with Crippen LogP contribution in [0.4, 0.5) is 0 Å². The predicted octanol–water partition coefficient (Wildman–Crippen LogP) is 5.41. The van der Waals surface area contributed by atoms with E-state index in [-0.39, 0.29) is 0 Å². The molecule has 0 aliphatic heterocycles. The number of rotatable bonds is 4. The van der Waals surface area contributed by atoms with Gasteiger partial charge in [-0.05, 0) is 54.1 Å². The summed E-state index contributed by atoms with van der Waals surface area (Å²) in [6.07, 6.45) is 0. The van der Waals surface area contributed by atoms with Gasteiger partial charge in [0.25, 0.3) is 0 Å². The van der Waals surface area contributed by atoms with Crippen LogP contribution >= 0.6 is 11.6 Å². The molecule has 3 nitrogen and oxygen atoms in total. The summed E-state index contributed by atoms with van der Waals surface area (Å²) in [5.74, 6) is 1.77. The van der Waals surface area contributed by atoms with Crippen LogP contribution in [0.15, 0.2) is 72.8 Å². The maximum Gasteiger partial charge on any atom is 0.141 e. The van der Waals surface area contributed by atoms with Gasteiger partial charge in [-0.15, -0.1) is 0 Å². The van der Waals surface area contributed by atoms with Gasteiger partial charge in [0, 0.05) is 17.1 Å². The first-order valence-corrected chi connectivity index (χ1v) is 8.46. The second kappa shape index (κ2) is 6.61. The molecule has 25 heavy (non-hydrogen) atoms. The molecule has 0 N–H and O–H groups in total. The highest BCUT2D eigenvalue weighted by molar-refractivity contribution is 6.30. The fraction of sp³-hybridized carbons (Fsp3) is 0.0952. The summed E-state index contributed by atoms with van der Waals surface area (Å²) in [6.45, 7) is 0.711. The summed E-state index contributed by atoms with van der Waals surface area (Å²) >= 11 is 6.15. The minimum Gasteiger partial charge on any atom is -0.497 e. The topological polar surface area (TPSA) is 27.1 Å². The Morgan fingerprint density at radius 3 is 2.52 bits per heavy atom. The number of para-hydroxylation sites is 2. The Labute approximate surface area is 151 Å². The monoisotopic (exact) mass is 348 g/mol. The largest absolute Gasteiger partial charge is 0.497 e. The van der Waals surface area contributed by atoms with Crippen molar-refractivity contribution in [2.45, 2.75) is 6.54 Å². The molecular formula is C21H17ClN2O. The summed E-state index contributed by atoms with van der Waals surface area (Å²) in [5, 5.41) is 0.743. The molecule has 3 aromatic carbocycles. The van der Waals surface area contributed by atoms with E-state index < -0.39 is 0 Å². The Balaban J connectivity index is 1.85. The molecular weight excluding hydrogens is 332 g/mol. The van der Waals surface area contributed by atoms with E-state index in [4.69, 9.17) is 21.3 Å². The molecule has 4 rings (SSSR count). The van der Waals surface area contributed by atoms with E-state index in [0.29, 0.717) is 6.54 Å². The first-order chi connectivity index (χ1) is 12.2. The fourth-order valence-electron chi connectivity index (χ4n) is 3.01. The Bertz CT molecular complexity index is 1020. The van der Waals surface area contributed by atoms with Crippen LogP contribution in [0.25, 0.3) is 22.4 Å². The van der Waals surface area contributed by atoms with Gasteiger partial charge in [-0.1, -0.05) is 35.9 Å². The number of aromatic nitrogens is 2. The van der Waals surface area contributed by atoms with Gasteiger partial charge >= 0.3 is 0 Å². The molecule has 0 saturated carbocycles. The fourth-order valence-corrected chi connectivity index (χ4v) is 3.23. The normalized spacial score (nSPS) is 11.0. The van der Waals surface area contributed by atoms with Crippen LogP contribution < -0.4 is 4.74 Å². The molecule has 1 heterocycles. The molecule has 0 radical (unpaired) electrons. The highest BCUT2D eigenvalue weighted by atomic mass is 35.5. The third-order valence-electron chi connectivity index (χ3n) is 4.23. The Morgan fingerprint density at radius 1 is 0.960 bits per heavy atom. The van der Waals surface area contributed by atoms with Crippen molar-refractivity contribution < 1.29 is 4.74 Å². The average molecular weight is 349 g/mol. The standard InChI is InChI=1S/C21H17ClN2O/c1-25-18-11-9-16(10-12-18)21-23-19-7-2-3-8-20(19)24(21)14-15-5-4-6-17(22)13-15/h2-13H,14H2,1H3. The number of hydrogen-bond donors (Lipinski definition) is 0. The van der Waals surface area contributed by atoms with E-state index in [1.165, 1.54) is 0 Å². The molecule has 0 amide bonds. The van der Waals surface area contributed by atoms with Gasteiger partial charge < -0.3 is 9.30 Å². The van der Waals surface area contributed by atoms with Gasteiger partial charge in [-0.25, -0.2) is 4.98 Å². The first-order valence-electron chi connectivity index (χ1n) is 8.09. The summed E-state index contributed by atoms with van der Waals surface area (Å²) in [7, 11) is 1.67. The van der Waals surface area contributed by atoms with Gasteiger partial charge in [0.2, 0.25) is 0 Å². The second-order valence-corrected chi connectivity index (χ2v) is 6.31.